The van der Waals surface area contributed by atoms with Crippen LogP contribution in [0.5, 0.6) is 0 Å². The van der Waals surface area contributed by atoms with Gasteiger partial charge in [0.2, 0.25) is 0 Å². The summed E-state index contributed by atoms with van der Waals surface area (Å²) >= 11 is 0. The number of ether oxygens (including phenoxy) is 1. The van der Waals surface area contributed by atoms with E-state index in [1.165, 1.54) is 0 Å². The van der Waals surface area contributed by atoms with E-state index in [2.05, 4.69) is 49.9 Å². The Hall–Kier alpha value is -1.36. The average Bonchev–Trinajstić information content (AvgIpc) is 2.31. The standard InChI is InChI=1S/C15H28N4O/c1-11(2)10-20-8-6-7-17-13-9-12(16)18-14(19-13)15(3,4)5/h9,11H,6-8,10H2,1-5H3,(H3,16,17,18,19). The van der Waals surface area contributed by atoms with Gasteiger partial charge in [-0.15, -0.1) is 0 Å². The summed E-state index contributed by atoms with van der Waals surface area (Å²) < 4.78 is 5.54. The molecule has 1 rings (SSSR count). The van der Waals surface area contributed by atoms with E-state index in [1.54, 1.807) is 6.07 Å². The fourth-order valence-corrected chi connectivity index (χ4v) is 1.60. The molecule has 1 aromatic heterocycles. The van der Waals surface area contributed by atoms with Crippen LogP contribution in [0.3, 0.4) is 0 Å². The second kappa shape index (κ2) is 7.43. The quantitative estimate of drug-likeness (QED) is 0.751. The molecule has 1 aromatic rings. The Morgan fingerprint density at radius 3 is 2.60 bits per heavy atom. The highest BCUT2D eigenvalue weighted by atomic mass is 16.5. The van der Waals surface area contributed by atoms with E-state index < -0.39 is 0 Å². The summed E-state index contributed by atoms with van der Waals surface area (Å²) in [5, 5.41) is 3.27. The Morgan fingerprint density at radius 1 is 1.30 bits per heavy atom. The third-order valence-corrected chi connectivity index (χ3v) is 2.64. The zero-order valence-electron chi connectivity index (χ0n) is 13.4. The summed E-state index contributed by atoms with van der Waals surface area (Å²) in [7, 11) is 0. The predicted molar refractivity (Wildman–Crippen MR) is 83.9 cm³/mol. The average molecular weight is 280 g/mol. The van der Waals surface area contributed by atoms with Crippen molar-refractivity contribution in [2.24, 2.45) is 5.92 Å². The molecule has 0 aliphatic heterocycles. The number of aromatic nitrogens is 2. The summed E-state index contributed by atoms with van der Waals surface area (Å²) in [5.74, 6) is 2.63. The van der Waals surface area contributed by atoms with Crippen LogP contribution in [0.15, 0.2) is 6.07 Å². The topological polar surface area (TPSA) is 73.1 Å². The van der Waals surface area contributed by atoms with E-state index >= 15 is 0 Å². The van der Waals surface area contributed by atoms with E-state index in [0.29, 0.717) is 11.7 Å². The minimum atomic E-state index is -0.105. The monoisotopic (exact) mass is 280 g/mol. The van der Waals surface area contributed by atoms with Crippen molar-refractivity contribution in [2.75, 3.05) is 30.8 Å². The van der Waals surface area contributed by atoms with Crippen molar-refractivity contribution < 1.29 is 4.74 Å². The Morgan fingerprint density at radius 2 is 2.00 bits per heavy atom. The third-order valence-electron chi connectivity index (χ3n) is 2.64. The Balaban J connectivity index is 2.42. The van der Waals surface area contributed by atoms with Crippen molar-refractivity contribution >= 4 is 11.6 Å². The highest BCUT2D eigenvalue weighted by molar-refractivity contribution is 5.45. The van der Waals surface area contributed by atoms with Gasteiger partial charge >= 0.3 is 0 Å². The number of nitrogens with two attached hydrogens (primary N) is 1. The van der Waals surface area contributed by atoms with Crippen molar-refractivity contribution in [3.8, 4) is 0 Å². The van der Waals surface area contributed by atoms with Crippen molar-refractivity contribution in [3.05, 3.63) is 11.9 Å². The number of nitrogen functional groups attached to an aromatic ring is 1. The molecule has 0 aliphatic carbocycles. The molecule has 5 heteroatoms. The van der Waals surface area contributed by atoms with E-state index in [9.17, 15) is 0 Å². The van der Waals surface area contributed by atoms with Gasteiger partial charge in [0.25, 0.3) is 0 Å². The van der Waals surface area contributed by atoms with Crippen LogP contribution in [0, 0.1) is 5.92 Å². The number of anilines is 2. The molecule has 0 fully saturated rings. The molecule has 1 heterocycles. The maximum Gasteiger partial charge on any atom is 0.138 e. The van der Waals surface area contributed by atoms with Crippen LogP contribution in [-0.2, 0) is 10.2 Å². The first-order valence-corrected chi connectivity index (χ1v) is 7.25. The van der Waals surface area contributed by atoms with Gasteiger partial charge in [-0.3, -0.25) is 0 Å². The fourth-order valence-electron chi connectivity index (χ4n) is 1.60. The largest absolute Gasteiger partial charge is 0.384 e. The van der Waals surface area contributed by atoms with Gasteiger partial charge < -0.3 is 15.8 Å². The van der Waals surface area contributed by atoms with Crippen molar-refractivity contribution in [2.45, 2.75) is 46.5 Å². The molecule has 0 radical (unpaired) electrons. The van der Waals surface area contributed by atoms with Crippen LogP contribution in [0.1, 0.15) is 46.9 Å². The molecule has 0 saturated heterocycles. The first kappa shape index (κ1) is 16.7. The first-order chi connectivity index (χ1) is 9.29. The van der Waals surface area contributed by atoms with E-state index in [0.717, 1.165) is 37.8 Å². The molecule has 0 saturated carbocycles. The van der Waals surface area contributed by atoms with Crippen LogP contribution in [0.2, 0.25) is 0 Å². The zero-order chi connectivity index (χ0) is 15.2. The molecule has 0 spiro atoms. The lowest BCUT2D eigenvalue weighted by Crippen LogP contribution is -2.18. The summed E-state index contributed by atoms with van der Waals surface area (Å²) in [6.07, 6.45) is 0.946. The van der Waals surface area contributed by atoms with Gasteiger partial charge in [0.05, 0.1) is 0 Å². The van der Waals surface area contributed by atoms with Gasteiger partial charge in [0.1, 0.15) is 17.5 Å². The summed E-state index contributed by atoms with van der Waals surface area (Å²) in [4.78, 5) is 8.79. The zero-order valence-corrected chi connectivity index (χ0v) is 13.4. The van der Waals surface area contributed by atoms with Crippen LogP contribution in [0.25, 0.3) is 0 Å². The van der Waals surface area contributed by atoms with Crippen molar-refractivity contribution in [1.82, 2.24) is 9.97 Å². The van der Waals surface area contributed by atoms with Gasteiger partial charge in [0, 0.05) is 31.2 Å². The second-order valence-corrected chi connectivity index (χ2v) is 6.50. The fraction of sp³-hybridized carbons (Fsp3) is 0.733. The van der Waals surface area contributed by atoms with Gasteiger partial charge in [-0.05, 0) is 12.3 Å². The second-order valence-electron chi connectivity index (χ2n) is 6.50. The van der Waals surface area contributed by atoms with E-state index in [4.69, 9.17) is 10.5 Å². The van der Waals surface area contributed by atoms with Crippen LogP contribution in [-0.4, -0.2) is 29.7 Å². The number of rotatable bonds is 7. The summed E-state index contributed by atoms with van der Waals surface area (Å²) in [6.45, 7) is 12.9. The van der Waals surface area contributed by atoms with Gasteiger partial charge in [-0.2, -0.15) is 0 Å². The van der Waals surface area contributed by atoms with Crippen molar-refractivity contribution in [3.63, 3.8) is 0 Å². The predicted octanol–water partition coefficient (Wildman–Crippen LogP) is 2.83. The maximum atomic E-state index is 5.83. The molecular weight excluding hydrogens is 252 g/mol. The first-order valence-electron chi connectivity index (χ1n) is 7.25. The van der Waals surface area contributed by atoms with E-state index in [-0.39, 0.29) is 5.41 Å². The molecule has 0 atom stereocenters. The lowest BCUT2D eigenvalue weighted by molar-refractivity contribution is 0.110. The Labute approximate surface area is 122 Å². The molecule has 114 valence electrons. The molecule has 5 nitrogen and oxygen atoms in total. The van der Waals surface area contributed by atoms with Crippen LogP contribution < -0.4 is 11.1 Å². The Kier molecular flexibility index (Phi) is 6.20. The Bertz CT molecular complexity index is 413. The molecule has 0 aromatic carbocycles. The minimum absolute atomic E-state index is 0.105. The summed E-state index contributed by atoms with van der Waals surface area (Å²) in [6, 6.07) is 1.77. The maximum absolute atomic E-state index is 5.83. The lowest BCUT2D eigenvalue weighted by Gasteiger charge is -2.18. The SMILES string of the molecule is CC(C)COCCCNc1cc(N)nc(C(C)(C)C)n1. The number of nitrogens with zero attached hydrogens (tertiary/aromatic N) is 2. The molecule has 0 bridgehead atoms. The third kappa shape index (κ3) is 6.19. The van der Waals surface area contributed by atoms with Gasteiger partial charge in [0.15, 0.2) is 0 Å². The van der Waals surface area contributed by atoms with Gasteiger partial charge in [-0.25, -0.2) is 9.97 Å². The highest BCUT2D eigenvalue weighted by Gasteiger charge is 2.18. The number of hydrogen-bond donors (Lipinski definition) is 2. The molecule has 3 N–H and O–H groups in total. The molecule has 0 unspecified atom stereocenters. The van der Waals surface area contributed by atoms with Crippen molar-refractivity contribution in [1.29, 1.82) is 0 Å². The normalized spacial score (nSPS) is 11.9. The highest BCUT2D eigenvalue weighted by Crippen LogP contribution is 2.21. The molecule has 20 heavy (non-hydrogen) atoms. The van der Waals surface area contributed by atoms with Gasteiger partial charge in [-0.1, -0.05) is 34.6 Å². The van der Waals surface area contributed by atoms with Crippen LogP contribution in [0.4, 0.5) is 11.6 Å². The van der Waals surface area contributed by atoms with E-state index in [1.807, 2.05) is 0 Å². The molecular formula is C15H28N4O. The van der Waals surface area contributed by atoms with Crippen LogP contribution >= 0.6 is 0 Å². The lowest BCUT2D eigenvalue weighted by atomic mass is 9.96. The minimum Gasteiger partial charge on any atom is -0.384 e. The number of hydrogen-bond acceptors (Lipinski definition) is 5. The smallest absolute Gasteiger partial charge is 0.138 e. The molecule has 0 amide bonds. The number of nitrogens with one attached hydrogen (secondary N) is 1. The summed E-state index contributed by atoms with van der Waals surface area (Å²) in [5.41, 5.74) is 5.72. The molecule has 0 aliphatic rings.